The van der Waals surface area contributed by atoms with Gasteiger partial charge in [0.25, 0.3) is 0 Å². The third-order valence-corrected chi connectivity index (χ3v) is 2.66. The number of hydrogen-bond acceptors (Lipinski definition) is 4. The molecule has 1 rings (SSSR count). The van der Waals surface area contributed by atoms with Crippen molar-refractivity contribution in [1.82, 2.24) is 0 Å². The van der Waals surface area contributed by atoms with E-state index < -0.39 is 0 Å². The largest absolute Gasteiger partial charge is 0.373 e. The Bertz CT molecular complexity index is 265. The van der Waals surface area contributed by atoms with E-state index in [1.165, 1.54) is 11.4 Å². The molecular weight excluding hydrogens is 200 g/mol. The third-order valence-electron chi connectivity index (χ3n) is 2.66. The summed E-state index contributed by atoms with van der Waals surface area (Å²) in [6, 6.07) is 8.44. The molecule has 1 aromatic rings. The van der Waals surface area contributed by atoms with Crippen molar-refractivity contribution < 1.29 is 0 Å². The highest BCUT2D eigenvalue weighted by atomic mass is 15.1. The molecule has 4 heteroatoms. The number of nitrogens with zero attached hydrogens (tertiary/aromatic N) is 2. The first-order chi connectivity index (χ1) is 7.69. The van der Waals surface area contributed by atoms with Gasteiger partial charge in [-0.15, -0.1) is 0 Å². The lowest BCUT2D eigenvalue weighted by atomic mass is 10.2. The lowest BCUT2D eigenvalue weighted by Gasteiger charge is -2.21. The number of nitrogens with two attached hydrogens (primary N) is 2. The van der Waals surface area contributed by atoms with Crippen LogP contribution in [0.1, 0.15) is 0 Å². The van der Waals surface area contributed by atoms with Gasteiger partial charge in [-0.2, -0.15) is 0 Å². The number of anilines is 2. The zero-order valence-corrected chi connectivity index (χ0v) is 10.2. The highest BCUT2D eigenvalue weighted by molar-refractivity contribution is 5.55. The molecule has 0 atom stereocenters. The van der Waals surface area contributed by atoms with Gasteiger partial charge in [0.15, 0.2) is 0 Å². The second kappa shape index (κ2) is 6.35. The molecule has 16 heavy (non-hydrogen) atoms. The molecule has 90 valence electrons. The van der Waals surface area contributed by atoms with Gasteiger partial charge in [-0.1, -0.05) is 0 Å². The first-order valence-corrected chi connectivity index (χ1v) is 5.61. The Labute approximate surface area is 97.8 Å². The fourth-order valence-electron chi connectivity index (χ4n) is 1.61. The Morgan fingerprint density at radius 3 is 1.38 bits per heavy atom. The lowest BCUT2D eigenvalue weighted by molar-refractivity contribution is 0.878. The summed E-state index contributed by atoms with van der Waals surface area (Å²) in [5.41, 5.74) is 13.4. The van der Waals surface area contributed by atoms with Gasteiger partial charge in [0.1, 0.15) is 0 Å². The van der Waals surface area contributed by atoms with Crippen LogP contribution in [-0.2, 0) is 0 Å². The predicted octanol–water partition coefficient (Wildman–Crippen LogP) is 0.476. The van der Waals surface area contributed by atoms with Crippen LogP contribution in [0, 0.1) is 0 Å². The van der Waals surface area contributed by atoms with E-state index in [1.807, 2.05) is 14.1 Å². The highest BCUT2D eigenvalue weighted by Gasteiger charge is 2.02. The number of benzene rings is 1. The Hall–Kier alpha value is -1.26. The zero-order chi connectivity index (χ0) is 12.0. The molecule has 0 saturated heterocycles. The van der Waals surface area contributed by atoms with Gasteiger partial charge >= 0.3 is 0 Å². The summed E-state index contributed by atoms with van der Waals surface area (Å²) < 4.78 is 0. The summed E-state index contributed by atoms with van der Waals surface area (Å²) in [5.74, 6) is 0. The Balaban J connectivity index is 2.67. The summed E-state index contributed by atoms with van der Waals surface area (Å²) in [6.45, 7) is 3.09. The van der Waals surface area contributed by atoms with Crippen molar-refractivity contribution >= 4 is 11.4 Å². The second-order valence-electron chi connectivity index (χ2n) is 3.94. The number of likely N-dealkylation sites (N-methyl/N-ethyl adjacent to an activating group) is 2. The van der Waals surface area contributed by atoms with E-state index in [0.717, 1.165) is 13.1 Å². The van der Waals surface area contributed by atoms with Crippen LogP contribution in [0.3, 0.4) is 0 Å². The van der Waals surface area contributed by atoms with Crippen molar-refractivity contribution in [3.05, 3.63) is 24.3 Å². The molecule has 0 fully saturated rings. The molecule has 0 unspecified atom stereocenters. The van der Waals surface area contributed by atoms with Gasteiger partial charge in [0.05, 0.1) is 0 Å². The smallest absolute Gasteiger partial charge is 0.0365 e. The van der Waals surface area contributed by atoms with E-state index in [0.29, 0.717) is 13.1 Å². The molecule has 0 saturated carbocycles. The molecule has 4 N–H and O–H groups in total. The van der Waals surface area contributed by atoms with Crippen LogP contribution in [0.5, 0.6) is 0 Å². The van der Waals surface area contributed by atoms with Crippen LogP contribution in [0.2, 0.25) is 0 Å². The maximum atomic E-state index is 5.52. The lowest BCUT2D eigenvalue weighted by Crippen LogP contribution is -2.26. The Morgan fingerprint density at radius 1 is 0.812 bits per heavy atom. The summed E-state index contributed by atoms with van der Waals surface area (Å²) in [5, 5.41) is 0. The van der Waals surface area contributed by atoms with Crippen LogP contribution in [0.25, 0.3) is 0 Å². The second-order valence-corrected chi connectivity index (χ2v) is 3.94. The molecule has 0 aromatic heterocycles. The van der Waals surface area contributed by atoms with Crippen LogP contribution in [0.4, 0.5) is 11.4 Å². The van der Waals surface area contributed by atoms with Crippen LogP contribution >= 0.6 is 0 Å². The van der Waals surface area contributed by atoms with Crippen LogP contribution in [-0.4, -0.2) is 40.3 Å². The van der Waals surface area contributed by atoms with Crippen molar-refractivity contribution in [1.29, 1.82) is 0 Å². The van der Waals surface area contributed by atoms with E-state index in [9.17, 15) is 0 Å². The minimum Gasteiger partial charge on any atom is -0.373 e. The standard InChI is InChI=1S/C12H22N4/c1-15(9-7-13)11-3-5-12(6-4-11)16(2)10-8-14/h3-6H,7-10,13-14H2,1-2H3. The van der Waals surface area contributed by atoms with Crippen molar-refractivity contribution in [3.8, 4) is 0 Å². The third kappa shape index (κ3) is 3.40. The average Bonchev–Trinajstić information content (AvgIpc) is 2.30. The normalized spacial score (nSPS) is 10.2. The van der Waals surface area contributed by atoms with Crippen molar-refractivity contribution in [2.75, 3.05) is 50.1 Å². The predicted molar refractivity (Wildman–Crippen MR) is 71.1 cm³/mol. The van der Waals surface area contributed by atoms with E-state index in [4.69, 9.17) is 11.5 Å². The number of rotatable bonds is 6. The van der Waals surface area contributed by atoms with Gasteiger partial charge in [0.2, 0.25) is 0 Å². The molecule has 0 radical (unpaired) electrons. The number of hydrogen-bond donors (Lipinski definition) is 2. The van der Waals surface area contributed by atoms with Gasteiger partial charge in [0, 0.05) is 51.6 Å². The van der Waals surface area contributed by atoms with E-state index in [1.54, 1.807) is 0 Å². The van der Waals surface area contributed by atoms with E-state index in [2.05, 4.69) is 34.1 Å². The summed E-state index contributed by atoms with van der Waals surface area (Å²) in [7, 11) is 4.09. The maximum absolute atomic E-state index is 5.52. The fraction of sp³-hybridized carbons (Fsp3) is 0.500. The zero-order valence-electron chi connectivity index (χ0n) is 10.2. The van der Waals surface area contributed by atoms with Gasteiger partial charge in [-0.05, 0) is 24.3 Å². The molecule has 0 aliphatic carbocycles. The maximum Gasteiger partial charge on any atom is 0.0365 e. The van der Waals surface area contributed by atoms with Crippen LogP contribution in [0.15, 0.2) is 24.3 Å². The molecule has 1 aromatic carbocycles. The SMILES string of the molecule is CN(CCN)c1ccc(N(C)CCN)cc1. The fourth-order valence-corrected chi connectivity index (χ4v) is 1.61. The quantitative estimate of drug-likeness (QED) is 0.735. The first kappa shape index (κ1) is 12.8. The molecule has 0 amide bonds. The minimum atomic E-state index is 0.672. The van der Waals surface area contributed by atoms with Crippen molar-refractivity contribution in [2.45, 2.75) is 0 Å². The first-order valence-electron chi connectivity index (χ1n) is 5.61. The Kier molecular flexibility index (Phi) is 5.08. The Morgan fingerprint density at radius 2 is 1.12 bits per heavy atom. The summed E-state index contributed by atoms with van der Waals surface area (Å²) >= 11 is 0. The van der Waals surface area contributed by atoms with E-state index >= 15 is 0 Å². The van der Waals surface area contributed by atoms with Gasteiger partial charge in [-0.25, -0.2) is 0 Å². The average molecular weight is 222 g/mol. The van der Waals surface area contributed by atoms with Gasteiger partial charge < -0.3 is 21.3 Å². The topological polar surface area (TPSA) is 58.5 Å². The van der Waals surface area contributed by atoms with E-state index in [-0.39, 0.29) is 0 Å². The molecule has 0 aliphatic heterocycles. The molecular formula is C12H22N4. The molecule has 0 spiro atoms. The van der Waals surface area contributed by atoms with Crippen LogP contribution < -0.4 is 21.3 Å². The van der Waals surface area contributed by atoms with Crippen molar-refractivity contribution in [3.63, 3.8) is 0 Å². The molecule has 0 bridgehead atoms. The summed E-state index contributed by atoms with van der Waals surface area (Å²) in [6.07, 6.45) is 0. The monoisotopic (exact) mass is 222 g/mol. The molecule has 0 heterocycles. The van der Waals surface area contributed by atoms with Gasteiger partial charge in [-0.3, -0.25) is 0 Å². The van der Waals surface area contributed by atoms with Crippen molar-refractivity contribution in [2.24, 2.45) is 11.5 Å². The highest BCUT2D eigenvalue weighted by Crippen LogP contribution is 2.18. The molecule has 0 aliphatic rings. The minimum absolute atomic E-state index is 0.672. The summed E-state index contributed by atoms with van der Waals surface area (Å²) in [4.78, 5) is 4.29. The molecule has 4 nitrogen and oxygen atoms in total.